The van der Waals surface area contributed by atoms with Gasteiger partial charge in [-0.15, -0.1) is 0 Å². The highest BCUT2D eigenvalue weighted by Crippen LogP contribution is 2.22. The fraction of sp³-hybridized carbons (Fsp3) is 0.115. The van der Waals surface area contributed by atoms with Gasteiger partial charge in [-0.05, 0) is 86.5 Å². The van der Waals surface area contributed by atoms with Gasteiger partial charge in [0.05, 0.1) is 10.6 Å². The number of hydrogen-bond acceptors (Lipinski definition) is 5. The van der Waals surface area contributed by atoms with Crippen LogP contribution in [0.25, 0.3) is 11.3 Å². The zero-order chi connectivity index (χ0) is 24.3. The number of amides is 1. The lowest BCUT2D eigenvalue weighted by Crippen LogP contribution is -2.15. The number of carbonyl (C=O) groups is 1. The third-order valence-corrected chi connectivity index (χ3v) is 6.78. The third-order valence-electron chi connectivity index (χ3n) is 5.38. The van der Waals surface area contributed by atoms with E-state index in [1.807, 2.05) is 45.0 Å². The average molecular weight is 473 g/mol. The second-order valence-electron chi connectivity index (χ2n) is 7.95. The summed E-state index contributed by atoms with van der Waals surface area (Å²) < 4.78 is 28.1. The van der Waals surface area contributed by atoms with Crippen molar-refractivity contribution in [2.75, 3.05) is 10.0 Å². The van der Waals surface area contributed by atoms with E-state index in [4.69, 9.17) is 0 Å². The maximum atomic E-state index is 12.7. The van der Waals surface area contributed by atoms with Crippen molar-refractivity contribution in [1.82, 2.24) is 9.97 Å². The summed E-state index contributed by atoms with van der Waals surface area (Å²) in [6, 6.07) is 20.3. The first-order valence-electron chi connectivity index (χ1n) is 10.6. The van der Waals surface area contributed by atoms with Crippen LogP contribution in [0.2, 0.25) is 0 Å². The molecule has 0 aliphatic rings. The van der Waals surface area contributed by atoms with Crippen LogP contribution in [-0.2, 0) is 10.0 Å². The Labute approximate surface area is 199 Å². The molecule has 4 rings (SSSR count). The summed E-state index contributed by atoms with van der Waals surface area (Å²) in [5.74, 6) is 0.316. The summed E-state index contributed by atoms with van der Waals surface area (Å²) in [4.78, 5) is 21.3. The number of nitrogens with zero attached hydrogens (tertiary/aromatic N) is 2. The quantitative estimate of drug-likeness (QED) is 0.406. The first-order chi connectivity index (χ1) is 16.2. The van der Waals surface area contributed by atoms with Gasteiger partial charge in [0, 0.05) is 28.7 Å². The Hall–Kier alpha value is -4.04. The highest BCUT2D eigenvalue weighted by molar-refractivity contribution is 7.92. The molecule has 3 aromatic carbocycles. The first-order valence-corrected chi connectivity index (χ1v) is 12.1. The van der Waals surface area contributed by atoms with Crippen LogP contribution in [0.1, 0.15) is 27.3 Å². The molecule has 2 N–H and O–H groups in total. The van der Waals surface area contributed by atoms with Gasteiger partial charge in [0.15, 0.2) is 0 Å². The van der Waals surface area contributed by atoms with E-state index < -0.39 is 10.0 Å². The fourth-order valence-corrected chi connectivity index (χ4v) is 4.43. The number of anilines is 2. The highest BCUT2D eigenvalue weighted by atomic mass is 32.2. The molecule has 8 heteroatoms. The van der Waals surface area contributed by atoms with E-state index in [0.717, 1.165) is 22.4 Å². The smallest absolute Gasteiger partial charge is 0.261 e. The monoisotopic (exact) mass is 472 g/mol. The second kappa shape index (κ2) is 9.44. The van der Waals surface area contributed by atoms with E-state index in [1.165, 1.54) is 24.3 Å². The van der Waals surface area contributed by atoms with E-state index in [0.29, 0.717) is 22.8 Å². The van der Waals surface area contributed by atoms with Crippen molar-refractivity contribution in [3.63, 3.8) is 0 Å². The normalized spacial score (nSPS) is 11.1. The van der Waals surface area contributed by atoms with Gasteiger partial charge >= 0.3 is 0 Å². The largest absolute Gasteiger partial charge is 0.322 e. The van der Waals surface area contributed by atoms with E-state index in [1.54, 1.807) is 30.5 Å². The summed E-state index contributed by atoms with van der Waals surface area (Å²) in [6.45, 7) is 5.70. The van der Waals surface area contributed by atoms with E-state index in [2.05, 4.69) is 20.0 Å². The van der Waals surface area contributed by atoms with Crippen molar-refractivity contribution in [1.29, 1.82) is 0 Å². The number of rotatable bonds is 6. The van der Waals surface area contributed by atoms with Crippen LogP contribution < -0.4 is 10.0 Å². The summed E-state index contributed by atoms with van der Waals surface area (Å²) >= 11 is 0. The topological polar surface area (TPSA) is 101 Å². The Morgan fingerprint density at radius 2 is 1.59 bits per heavy atom. The molecule has 0 radical (unpaired) electrons. The van der Waals surface area contributed by atoms with E-state index in [-0.39, 0.29) is 10.8 Å². The molecule has 0 bridgehead atoms. The van der Waals surface area contributed by atoms with Gasteiger partial charge in [-0.3, -0.25) is 9.52 Å². The van der Waals surface area contributed by atoms with Crippen molar-refractivity contribution in [2.45, 2.75) is 25.7 Å². The van der Waals surface area contributed by atoms with Gasteiger partial charge < -0.3 is 5.32 Å². The molecule has 1 heterocycles. The molecule has 1 amide bonds. The van der Waals surface area contributed by atoms with Crippen LogP contribution in [0, 0.1) is 20.8 Å². The molecule has 0 saturated carbocycles. The lowest BCUT2D eigenvalue weighted by Gasteiger charge is -2.11. The van der Waals surface area contributed by atoms with Gasteiger partial charge in [-0.25, -0.2) is 18.4 Å². The van der Waals surface area contributed by atoms with Gasteiger partial charge in [-0.1, -0.05) is 18.2 Å². The Morgan fingerprint density at radius 3 is 2.29 bits per heavy atom. The van der Waals surface area contributed by atoms with Crippen LogP contribution in [0.4, 0.5) is 11.4 Å². The number of aromatic nitrogens is 2. The molecule has 7 nitrogen and oxygen atoms in total. The summed E-state index contributed by atoms with van der Waals surface area (Å²) in [6.07, 6.45) is 1.69. The van der Waals surface area contributed by atoms with Crippen LogP contribution in [0.3, 0.4) is 0 Å². The van der Waals surface area contributed by atoms with Gasteiger partial charge in [0.2, 0.25) is 0 Å². The zero-order valence-corrected chi connectivity index (χ0v) is 19.8. The van der Waals surface area contributed by atoms with Crippen molar-refractivity contribution in [3.05, 3.63) is 102 Å². The molecular weight excluding hydrogens is 448 g/mol. The Balaban J connectivity index is 1.48. The highest BCUT2D eigenvalue weighted by Gasteiger charge is 2.16. The number of carbonyl (C=O) groups excluding carboxylic acids is 1. The molecule has 0 atom stereocenters. The molecule has 0 aliphatic heterocycles. The third kappa shape index (κ3) is 5.29. The second-order valence-corrected chi connectivity index (χ2v) is 9.64. The zero-order valence-electron chi connectivity index (χ0n) is 19.0. The van der Waals surface area contributed by atoms with Gasteiger partial charge in [0.25, 0.3) is 15.9 Å². The number of hydrogen-bond donors (Lipinski definition) is 2. The molecule has 0 spiro atoms. The molecule has 0 aliphatic carbocycles. The number of nitrogens with one attached hydrogen (secondary N) is 2. The van der Waals surface area contributed by atoms with Crippen molar-refractivity contribution >= 4 is 27.3 Å². The molecule has 0 fully saturated rings. The Kier molecular flexibility index (Phi) is 6.43. The SMILES string of the molecule is Cc1nccc(-c2cccc(NC(=O)c3ccc(S(=O)(=O)Nc4ccc(C)c(C)c4)cc3)c2)n1. The van der Waals surface area contributed by atoms with E-state index in [9.17, 15) is 13.2 Å². The predicted octanol–water partition coefficient (Wildman–Crippen LogP) is 5.12. The molecule has 4 aromatic rings. The van der Waals surface area contributed by atoms with Crippen LogP contribution in [0.15, 0.2) is 83.9 Å². The lowest BCUT2D eigenvalue weighted by molar-refractivity contribution is 0.102. The minimum atomic E-state index is -3.78. The van der Waals surface area contributed by atoms with Gasteiger partial charge in [0.1, 0.15) is 5.82 Å². The minimum Gasteiger partial charge on any atom is -0.322 e. The first kappa shape index (κ1) is 23.1. The lowest BCUT2D eigenvalue weighted by atomic mass is 10.1. The summed E-state index contributed by atoms with van der Waals surface area (Å²) in [7, 11) is -3.78. The molecule has 0 saturated heterocycles. The maximum absolute atomic E-state index is 12.7. The van der Waals surface area contributed by atoms with Gasteiger partial charge in [-0.2, -0.15) is 0 Å². The summed E-state index contributed by atoms with van der Waals surface area (Å²) in [5.41, 5.74) is 5.11. The standard InChI is InChI=1S/C26H24N4O3S/c1-17-7-10-23(15-18(17)2)30-34(32,33)24-11-8-20(9-12-24)26(31)29-22-6-4-5-21(16-22)25-13-14-27-19(3)28-25/h4-16,30H,1-3H3,(H,29,31). The maximum Gasteiger partial charge on any atom is 0.261 e. The van der Waals surface area contributed by atoms with E-state index >= 15 is 0 Å². The molecular formula is C26H24N4O3S. The molecule has 172 valence electrons. The van der Waals surface area contributed by atoms with Crippen LogP contribution in [0.5, 0.6) is 0 Å². The number of sulfonamides is 1. The van der Waals surface area contributed by atoms with Crippen molar-refractivity contribution in [3.8, 4) is 11.3 Å². The minimum absolute atomic E-state index is 0.0726. The summed E-state index contributed by atoms with van der Waals surface area (Å²) in [5, 5.41) is 2.85. The average Bonchev–Trinajstić information content (AvgIpc) is 2.81. The predicted molar refractivity (Wildman–Crippen MR) is 133 cm³/mol. The Bertz CT molecular complexity index is 1470. The van der Waals surface area contributed by atoms with Crippen molar-refractivity contribution < 1.29 is 13.2 Å². The number of aryl methyl sites for hydroxylation is 3. The van der Waals surface area contributed by atoms with Crippen molar-refractivity contribution in [2.24, 2.45) is 0 Å². The van der Waals surface area contributed by atoms with Crippen LogP contribution >= 0.6 is 0 Å². The molecule has 34 heavy (non-hydrogen) atoms. The Morgan fingerprint density at radius 1 is 0.824 bits per heavy atom. The van der Waals surface area contributed by atoms with Crippen LogP contribution in [-0.4, -0.2) is 24.3 Å². The molecule has 0 unspecified atom stereocenters. The molecule has 1 aromatic heterocycles. The number of benzene rings is 3. The fourth-order valence-electron chi connectivity index (χ4n) is 3.38.